The third-order valence-electron chi connectivity index (χ3n) is 4.52. The van der Waals surface area contributed by atoms with E-state index in [1.54, 1.807) is 43.9 Å². The van der Waals surface area contributed by atoms with Gasteiger partial charge in [-0.05, 0) is 24.1 Å². The Morgan fingerprint density at radius 2 is 2.00 bits per heavy atom. The van der Waals surface area contributed by atoms with Gasteiger partial charge in [0.2, 0.25) is 0 Å². The van der Waals surface area contributed by atoms with Gasteiger partial charge >= 0.3 is 0 Å². The fraction of sp³-hybridized carbons (Fsp3) is 0.524. The molecule has 1 aromatic carbocycles. The van der Waals surface area contributed by atoms with Crippen LogP contribution in [0.15, 0.2) is 35.6 Å². The SMILES string of the molecule is CCCCN1C(=O)C(O)=C(C(=O)C(C)(C)C)C1c1cccc(OCCO)c1. The summed E-state index contributed by atoms with van der Waals surface area (Å²) >= 11 is 0. The fourth-order valence-corrected chi connectivity index (χ4v) is 3.13. The number of nitrogens with zero attached hydrogens (tertiary/aromatic N) is 1. The Labute approximate surface area is 160 Å². The van der Waals surface area contributed by atoms with E-state index in [1.165, 1.54) is 0 Å². The second-order valence-electron chi connectivity index (χ2n) is 7.74. The Balaban J connectivity index is 2.51. The van der Waals surface area contributed by atoms with Gasteiger partial charge in [0.1, 0.15) is 12.4 Å². The normalized spacial score (nSPS) is 17.6. The zero-order valence-electron chi connectivity index (χ0n) is 16.5. The maximum absolute atomic E-state index is 13.0. The van der Waals surface area contributed by atoms with E-state index >= 15 is 0 Å². The summed E-state index contributed by atoms with van der Waals surface area (Å²) in [6, 6.07) is 6.45. The Bertz CT molecular complexity index is 732. The summed E-state index contributed by atoms with van der Waals surface area (Å²) < 4.78 is 5.47. The molecule has 0 bridgehead atoms. The van der Waals surface area contributed by atoms with E-state index in [2.05, 4.69) is 0 Å². The Kier molecular flexibility index (Phi) is 6.65. The van der Waals surface area contributed by atoms with Crippen LogP contribution in [0.4, 0.5) is 0 Å². The fourth-order valence-electron chi connectivity index (χ4n) is 3.13. The summed E-state index contributed by atoms with van der Waals surface area (Å²) in [5.74, 6) is -0.683. The Hall–Kier alpha value is -2.34. The molecule has 2 N–H and O–H groups in total. The molecule has 1 amide bonds. The van der Waals surface area contributed by atoms with Crippen molar-refractivity contribution < 1.29 is 24.5 Å². The summed E-state index contributed by atoms with van der Waals surface area (Å²) in [7, 11) is 0. The summed E-state index contributed by atoms with van der Waals surface area (Å²) in [6.45, 7) is 7.83. The second-order valence-corrected chi connectivity index (χ2v) is 7.74. The molecule has 0 fully saturated rings. The van der Waals surface area contributed by atoms with Crippen molar-refractivity contribution in [1.82, 2.24) is 4.90 Å². The van der Waals surface area contributed by atoms with E-state index in [1.807, 2.05) is 13.0 Å². The summed E-state index contributed by atoms with van der Waals surface area (Å²) in [5.41, 5.74) is 0.114. The molecular formula is C21H29NO5. The lowest BCUT2D eigenvalue weighted by atomic mass is 9.82. The molecule has 27 heavy (non-hydrogen) atoms. The predicted molar refractivity (Wildman–Crippen MR) is 103 cm³/mol. The molecule has 1 atom stereocenters. The number of aliphatic hydroxyl groups excluding tert-OH is 2. The van der Waals surface area contributed by atoms with Crippen LogP contribution in [0.2, 0.25) is 0 Å². The molecule has 0 saturated heterocycles. The first kappa shape index (κ1) is 21.0. The number of unbranched alkanes of at least 4 members (excludes halogenated alkanes) is 1. The molecule has 6 nitrogen and oxygen atoms in total. The van der Waals surface area contributed by atoms with Crippen molar-refractivity contribution in [3.8, 4) is 5.75 Å². The van der Waals surface area contributed by atoms with E-state index in [-0.39, 0.29) is 24.6 Å². The molecule has 1 aliphatic heterocycles. The Morgan fingerprint density at radius 3 is 2.59 bits per heavy atom. The van der Waals surface area contributed by atoms with Crippen LogP contribution in [0.3, 0.4) is 0 Å². The largest absolute Gasteiger partial charge is 0.503 e. The summed E-state index contributed by atoms with van der Waals surface area (Å²) in [4.78, 5) is 27.3. The van der Waals surface area contributed by atoms with Crippen LogP contribution in [0.1, 0.15) is 52.1 Å². The van der Waals surface area contributed by atoms with Gasteiger partial charge in [-0.2, -0.15) is 0 Å². The standard InChI is InChI=1S/C21H29NO5/c1-5-6-10-22-17(14-8-7-9-15(13-14)27-12-11-23)16(18(24)20(22)26)19(25)21(2,3)4/h7-9,13,17,23-24H,5-6,10-12H2,1-4H3. The number of hydrogen-bond donors (Lipinski definition) is 2. The monoisotopic (exact) mass is 375 g/mol. The average Bonchev–Trinajstić information content (AvgIpc) is 2.88. The molecule has 0 aromatic heterocycles. The van der Waals surface area contributed by atoms with E-state index in [0.717, 1.165) is 12.8 Å². The number of amides is 1. The number of hydrogen-bond acceptors (Lipinski definition) is 5. The van der Waals surface area contributed by atoms with E-state index in [4.69, 9.17) is 9.84 Å². The molecule has 0 aliphatic carbocycles. The van der Waals surface area contributed by atoms with Gasteiger partial charge in [-0.3, -0.25) is 9.59 Å². The highest BCUT2D eigenvalue weighted by Crippen LogP contribution is 2.41. The van der Waals surface area contributed by atoms with Crippen LogP contribution >= 0.6 is 0 Å². The minimum Gasteiger partial charge on any atom is -0.503 e. The minimum atomic E-state index is -0.729. The van der Waals surface area contributed by atoms with Gasteiger partial charge < -0.3 is 19.8 Å². The number of aliphatic hydroxyl groups is 2. The van der Waals surface area contributed by atoms with Crippen molar-refractivity contribution in [1.29, 1.82) is 0 Å². The lowest BCUT2D eigenvalue weighted by Gasteiger charge is -2.29. The van der Waals surface area contributed by atoms with Gasteiger partial charge in [-0.1, -0.05) is 46.2 Å². The summed E-state index contributed by atoms with van der Waals surface area (Å²) in [5, 5.41) is 19.5. The van der Waals surface area contributed by atoms with Crippen molar-refractivity contribution in [2.24, 2.45) is 5.41 Å². The van der Waals surface area contributed by atoms with Crippen molar-refractivity contribution in [3.63, 3.8) is 0 Å². The lowest BCUT2D eigenvalue weighted by Crippen LogP contribution is -2.33. The highest BCUT2D eigenvalue weighted by atomic mass is 16.5. The maximum atomic E-state index is 13.0. The van der Waals surface area contributed by atoms with Crippen LogP contribution in [-0.4, -0.2) is 46.6 Å². The number of ketones is 1. The van der Waals surface area contributed by atoms with Gasteiger partial charge in [0.15, 0.2) is 11.5 Å². The van der Waals surface area contributed by atoms with E-state index in [0.29, 0.717) is 17.9 Å². The first-order chi connectivity index (χ1) is 12.7. The number of benzene rings is 1. The molecule has 6 heteroatoms. The zero-order valence-corrected chi connectivity index (χ0v) is 16.5. The van der Waals surface area contributed by atoms with Crippen LogP contribution in [-0.2, 0) is 9.59 Å². The molecule has 0 spiro atoms. The van der Waals surface area contributed by atoms with Crippen LogP contribution in [0.25, 0.3) is 0 Å². The van der Waals surface area contributed by atoms with Crippen molar-refractivity contribution in [3.05, 3.63) is 41.2 Å². The van der Waals surface area contributed by atoms with Gasteiger partial charge in [-0.25, -0.2) is 0 Å². The molecule has 1 unspecified atom stereocenters. The number of carbonyl (C=O) groups excluding carboxylic acids is 2. The van der Waals surface area contributed by atoms with Gasteiger partial charge in [0, 0.05) is 12.0 Å². The topological polar surface area (TPSA) is 87.1 Å². The maximum Gasteiger partial charge on any atom is 0.290 e. The molecule has 1 heterocycles. The molecule has 2 rings (SSSR count). The number of Topliss-reactive ketones (excluding diaryl/α,β-unsaturated/α-hetero) is 1. The van der Waals surface area contributed by atoms with Crippen LogP contribution < -0.4 is 4.74 Å². The highest BCUT2D eigenvalue weighted by Gasteiger charge is 2.45. The van der Waals surface area contributed by atoms with Crippen molar-refractivity contribution >= 4 is 11.7 Å². The molecule has 0 saturated carbocycles. The average molecular weight is 375 g/mol. The van der Waals surface area contributed by atoms with E-state index < -0.39 is 23.1 Å². The predicted octanol–water partition coefficient (Wildman–Crippen LogP) is 3.17. The molecule has 1 aromatic rings. The number of carbonyl (C=O) groups is 2. The smallest absolute Gasteiger partial charge is 0.290 e. The quantitative estimate of drug-likeness (QED) is 0.729. The minimum absolute atomic E-state index is 0.108. The third-order valence-corrected chi connectivity index (χ3v) is 4.52. The zero-order chi connectivity index (χ0) is 20.2. The first-order valence-corrected chi connectivity index (χ1v) is 9.34. The Morgan fingerprint density at radius 1 is 1.30 bits per heavy atom. The molecule has 148 valence electrons. The molecule has 1 aliphatic rings. The summed E-state index contributed by atoms with van der Waals surface area (Å²) in [6.07, 6.45) is 1.66. The van der Waals surface area contributed by atoms with Gasteiger partial charge in [0.25, 0.3) is 5.91 Å². The highest BCUT2D eigenvalue weighted by molar-refractivity contribution is 6.10. The lowest BCUT2D eigenvalue weighted by molar-refractivity contribution is -0.129. The van der Waals surface area contributed by atoms with Crippen molar-refractivity contribution in [2.45, 2.75) is 46.6 Å². The van der Waals surface area contributed by atoms with E-state index in [9.17, 15) is 14.7 Å². The van der Waals surface area contributed by atoms with Gasteiger partial charge in [-0.15, -0.1) is 0 Å². The number of rotatable bonds is 8. The second kappa shape index (κ2) is 8.57. The van der Waals surface area contributed by atoms with Crippen LogP contribution in [0, 0.1) is 5.41 Å². The molecule has 0 radical (unpaired) electrons. The third kappa shape index (κ3) is 4.50. The van der Waals surface area contributed by atoms with Crippen LogP contribution in [0.5, 0.6) is 5.75 Å². The molecular weight excluding hydrogens is 346 g/mol. The van der Waals surface area contributed by atoms with Gasteiger partial charge in [0.05, 0.1) is 18.2 Å². The van der Waals surface area contributed by atoms with Crippen molar-refractivity contribution in [2.75, 3.05) is 19.8 Å². The number of ether oxygens (including phenoxy) is 1. The first-order valence-electron chi connectivity index (χ1n) is 9.34.